The van der Waals surface area contributed by atoms with Crippen LogP contribution in [0.5, 0.6) is 0 Å². The van der Waals surface area contributed by atoms with Gasteiger partial charge in [0.1, 0.15) is 6.61 Å². The molecule has 0 unspecified atom stereocenters. The number of H-pyrrole nitrogens is 1. The zero-order valence-electron chi connectivity index (χ0n) is 25.0. The van der Waals surface area contributed by atoms with E-state index >= 15 is 0 Å². The Morgan fingerprint density at radius 1 is 1.15 bits per heavy atom. The molecule has 1 aromatic heterocycles. The van der Waals surface area contributed by atoms with Gasteiger partial charge < -0.3 is 30.2 Å². The predicted octanol–water partition coefficient (Wildman–Crippen LogP) is 4.80. The molecule has 0 aliphatic carbocycles. The van der Waals surface area contributed by atoms with Gasteiger partial charge in [-0.1, -0.05) is 36.7 Å². The van der Waals surface area contributed by atoms with Crippen LogP contribution in [0.3, 0.4) is 0 Å². The Labute approximate surface area is 249 Å². The number of fused-ring (bicyclic) bond motifs is 2. The fraction of sp³-hybridized carbons (Fsp3) is 0.500. The lowest BCUT2D eigenvalue weighted by Crippen LogP contribution is -2.35. The van der Waals surface area contributed by atoms with Gasteiger partial charge in [0.05, 0.1) is 6.10 Å². The van der Waals surface area contributed by atoms with E-state index in [9.17, 15) is 9.59 Å². The second kappa shape index (κ2) is 17.1. The number of para-hydroxylation sites is 1. The highest BCUT2D eigenvalue weighted by atomic mass is 35.5. The van der Waals surface area contributed by atoms with Gasteiger partial charge >= 0.3 is 0 Å². The van der Waals surface area contributed by atoms with Crippen molar-refractivity contribution in [2.24, 2.45) is 0 Å². The maximum absolute atomic E-state index is 12.8. The van der Waals surface area contributed by atoms with Crippen LogP contribution in [-0.2, 0) is 27.2 Å². The van der Waals surface area contributed by atoms with E-state index in [0.29, 0.717) is 6.42 Å². The van der Waals surface area contributed by atoms with Crippen LogP contribution in [0.15, 0.2) is 48.7 Å². The monoisotopic (exact) mass is 583 g/mol. The van der Waals surface area contributed by atoms with Gasteiger partial charge in [0.15, 0.2) is 0 Å². The van der Waals surface area contributed by atoms with Gasteiger partial charge in [-0.25, -0.2) is 0 Å². The number of piperidine rings is 1. The first-order valence-electron chi connectivity index (χ1n) is 14.6. The van der Waals surface area contributed by atoms with E-state index in [0.717, 1.165) is 74.5 Å². The van der Waals surface area contributed by atoms with Crippen LogP contribution in [0.25, 0.3) is 10.9 Å². The highest BCUT2D eigenvalue weighted by Crippen LogP contribution is 2.30. The lowest BCUT2D eigenvalue weighted by molar-refractivity contribution is -0.127. The van der Waals surface area contributed by atoms with Crippen molar-refractivity contribution in [1.29, 1.82) is 0 Å². The summed E-state index contributed by atoms with van der Waals surface area (Å²) < 4.78 is 5.38. The quantitative estimate of drug-likeness (QED) is 0.372. The van der Waals surface area contributed by atoms with Crippen LogP contribution < -0.4 is 15.5 Å². The topological polar surface area (TPSA) is 89.7 Å². The molecule has 0 bridgehead atoms. The van der Waals surface area contributed by atoms with Crippen molar-refractivity contribution in [3.63, 3.8) is 0 Å². The van der Waals surface area contributed by atoms with Crippen molar-refractivity contribution < 1.29 is 14.3 Å². The Balaban J connectivity index is 0.000000227. The number of aromatic nitrogens is 1. The highest BCUT2D eigenvalue weighted by molar-refractivity contribution is 6.30. The second-order valence-corrected chi connectivity index (χ2v) is 11.0. The molecule has 5 rings (SSSR count). The third kappa shape index (κ3) is 10.5. The number of rotatable bonds is 7. The molecule has 3 aromatic rings. The molecule has 0 atom stereocenters. The Kier molecular flexibility index (Phi) is 13.6. The van der Waals surface area contributed by atoms with Crippen molar-refractivity contribution in [3.8, 4) is 0 Å². The Morgan fingerprint density at radius 3 is 2.59 bits per heavy atom. The third-order valence-electron chi connectivity index (χ3n) is 7.39. The van der Waals surface area contributed by atoms with E-state index in [-0.39, 0.29) is 24.5 Å². The molecule has 1 fully saturated rings. The minimum absolute atomic E-state index is 0.0477. The molecule has 1 saturated heterocycles. The summed E-state index contributed by atoms with van der Waals surface area (Å²) in [5, 5.41) is 7.70. The van der Waals surface area contributed by atoms with Crippen molar-refractivity contribution in [2.75, 3.05) is 58.8 Å². The normalized spacial score (nSPS) is 14.9. The molecule has 0 saturated carbocycles. The molecule has 9 heteroatoms. The maximum atomic E-state index is 12.8. The first-order valence-corrected chi connectivity index (χ1v) is 15.0. The molecule has 8 nitrogen and oxygen atoms in total. The van der Waals surface area contributed by atoms with E-state index in [1.807, 2.05) is 41.4 Å². The molecule has 2 aliphatic rings. The zero-order valence-corrected chi connectivity index (χ0v) is 25.7. The maximum Gasteiger partial charge on any atom is 0.245 e. The smallest absolute Gasteiger partial charge is 0.245 e. The minimum Gasteiger partial charge on any atom is -0.368 e. The van der Waals surface area contributed by atoms with Crippen molar-refractivity contribution in [1.82, 2.24) is 20.5 Å². The Bertz CT molecular complexity index is 1240. The number of nitrogens with one attached hydrogen (secondary N) is 3. The molecule has 3 N–H and O–H groups in total. The SMILES string of the molecule is CCN(C)C.CNC(=O)COC1CCNCC1.O=C(CCc1c[nH]c2ccccc12)N1CCCc2cc(Cl)ccc21. The van der Waals surface area contributed by atoms with Crippen LogP contribution in [0, 0.1) is 0 Å². The number of carbonyl (C=O) groups is 2. The second-order valence-electron chi connectivity index (χ2n) is 10.6. The predicted molar refractivity (Wildman–Crippen MR) is 169 cm³/mol. The fourth-order valence-electron chi connectivity index (χ4n) is 4.77. The summed E-state index contributed by atoms with van der Waals surface area (Å²) >= 11 is 6.08. The number of aromatic amines is 1. The number of nitrogens with zero attached hydrogens (tertiary/aromatic N) is 2. The number of ether oxygens (including phenoxy) is 1. The van der Waals surface area contributed by atoms with Crippen molar-refractivity contribution in [2.45, 2.75) is 51.6 Å². The van der Waals surface area contributed by atoms with Crippen LogP contribution in [0.1, 0.15) is 43.7 Å². The molecular weight excluding hydrogens is 538 g/mol. The minimum atomic E-state index is -0.0477. The van der Waals surface area contributed by atoms with Crippen molar-refractivity contribution in [3.05, 3.63) is 64.8 Å². The third-order valence-corrected chi connectivity index (χ3v) is 7.63. The first-order chi connectivity index (χ1) is 19.8. The van der Waals surface area contributed by atoms with E-state index in [4.69, 9.17) is 16.3 Å². The van der Waals surface area contributed by atoms with E-state index in [2.05, 4.69) is 53.7 Å². The van der Waals surface area contributed by atoms with Gasteiger partial charge in [-0.15, -0.1) is 0 Å². The van der Waals surface area contributed by atoms with Gasteiger partial charge in [-0.2, -0.15) is 0 Å². The number of carbonyl (C=O) groups excluding carboxylic acids is 2. The van der Waals surface area contributed by atoms with Crippen LogP contribution >= 0.6 is 11.6 Å². The summed E-state index contributed by atoms with van der Waals surface area (Å²) in [6.07, 6.45) is 7.56. The molecule has 2 aromatic carbocycles. The number of aryl methyl sites for hydroxylation is 2. The van der Waals surface area contributed by atoms with Gasteiger partial charge in [0, 0.05) is 47.8 Å². The van der Waals surface area contributed by atoms with Gasteiger partial charge in [-0.3, -0.25) is 9.59 Å². The summed E-state index contributed by atoms with van der Waals surface area (Å²) in [6, 6.07) is 14.0. The van der Waals surface area contributed by atoms with Crippen molar-refractivity contribution >= 4 is 40.0 Å². The fourth-order valence-corrected chi connectivity index (χ4v) is 4.96. The van der Waals surface area contributed by atoms with Crippen LogP contribution in [0.4, 0.5) is 5.69 Å². The number of anilines is 1. The number of benzene rings is 2. The number of likely N-dealkylation sites (N-methyl/N-ethyl adjacent to an activating group) is 1. The summed E-state index contributed by atoms with van der Waals surface area (Å²) in [5.41, 5.74) is 4.52. The number of hydrogen-bond acceptors (Lipinski definition) is 5. The van der Waals surface area contributed by atoms with Crippen LogP contribution in [0.2, 0.25) is 5.02 Å². The molecular formula is C32H46ClN5O3. The summed E-state index contributed by atoms with van der Waals surface area (Å²) in [6.45, 7) is 6.25. The van der Waals surface area contributed by atoms with Crippen LogP contribution in [-0.4, -0.2) is 81.7 Å². The Morgan fingerprint density at radius 2 is 1.88 bits per heavy atom. The van der Waals surface area contributed by atoms with E-state index < -0.39 is 0 Å². The lowest BCUT2D eigenvalue weighted by Gasteiger charge is -2.29. The summed E-state index contributed by atoms with van der Waals surface area (Å²) in [5.74, 6) is 0.136. The number of amides is 2. The molecule has 0 radical (unpaired) electrons. The summed E-state index contributed by atoms with van der Waals surface area (Å²) in [7, 11) is 5.73. The molecule has 3 heterocycles. The van der Waals surface area contributed by atoms with E-state index in [1.54, 1.807) is 7.05 Å². The molecule has 224 valence electrons. The lowest BCUT2D eigenvalue weighted by atomic mass is 10.0. The summed E-state index contributed by atoms with van der Waals surface area (Å²) in [4.78, 5) is 30.9. The average Bonchev–Trinajstić information content (AvgIpc) is 3.42. The zero-order chi connectivity index (χ0) is 29.6. The Hall–Kier alpha value is -2.91. The highest BCUT2D eigenvalue weighted by Gasteiger charge is 2.22. The molecule has 0 spiro atoms. The van der Waals surface area contributed by atoms with E-state index in [1.165, 1.54) is 16.5 Å². The first kappa shape index (κ1) is 32.6. The number of halogens is 1. The standard InChI is InChI=1S/C20H19ClN2O.C8H16N2O2.C4H11N/c21-16-8-9-19-14(12-16)4-3-11-23(19)20(24)10-7-15-13-22-18-6-2-1-5-17(15)18;1-9-8(11)6-12-7-2-4-10-5-3-7;1-4-5(2)3/h1-2,5-6,8-9,12-13,22H,3-4,7,10-11H2;7,10H,2-6H2,1H3,(H,9,11);4H2,1-3H3. The van der Waals surface area contributed by atoms with Gasteiger partial charge in [0.2, 0.25) is 11.8 Å². The molecule has 41 heavy (non-hydrogen) atoms. The van der Waals surface area contributed by atoms with Gasteiger partial charge in [-0.05, 0) is 101 Å². The number of hydrogen-bond donors (Lipinski definition) is 3. The average molecular weight is 584 g/mol. The molecule has 2 aliphatic heterocycles. The molecule has 2 amide bonds. The van der Waals surface area contributed by atoms with Gasteiger partial charge in [0.25, 0.3) is 0 Å². The largest absolute Gasteiger partial charge is 0.368 e.